The molecule has 0 fully saturated rings. The second kappa shape index (κ2) is 8.57. The van der Waals surface area contributed by atoms with Gasteiger partial charge in [0.1, 0.15) is 5.75 Å². The van der Waals surface area contributed by atoms with Gasteiger partial charge in [-0.3, -0.25) is 4.79 Å². The molecule has 9 heteroatoms. The van der Waals surface area contributed by atoms with Crippen molar-refractivity contribution in [2.75, 3.05) is 19.0 Å². The number of carbonyl (C=O) groups is 2. The number of benzene rings is 2. The van der Waals surface area contributed by atoms with Crippen LogP contribution in [0.25, 0.3) is 17.1 Å². The number of H-pyrrole nitrogens is 2. The minimum absolute atomic E-state index is 0.346. The monoisotopic (exact) mass is 445 g/mol. The highest BCUT2D eigenvalue weighted by Crippen LogP contribution is 2.26. The topological polar surface area (TPSA) is 113 Å². The molecule has 0 aliphatic rings. The largest absolute Gasteiger partial charge is 0.496 e. The molecule has 3 N–H and O–H groups in total. The predicted octanol–water partition coefficient (Wildman–Crippen LogP) is 2.82. The van der Waals surface area contributed by atoms with Crippen LogP contribution in [0.5, 0.6) is 5.75 Å². The second-order valence-corrected chi connectivity index (χ2v) is 6.54. The van der Waals surface area contributed by atoms with Crippen molar-refractivity contribution in [2.24, 2.45) is 0 Å². The fourth-order valence-electron chi connectivity index (χ4n) is 2.48. The number of para-hydroxylation sites is 1. The van der Waals surface area contributed by atoms with E-state index in [9.17, 15) is 14.4 Å². The van der Waals surface area contributed by atoms with Crippen molar-refractivity contribution < 1.29 is 19.1 Å². The van der Waals surface area contributed by atoms with Gasteiger partial charge < -0.3 is 24.8 Å². The first-order chi connectivity index (χ1) is 13.5. The van der Waals surface area contributed by atoms with E-state index in [0.29, 0.717) is 32.5 Å². The molecule has 0 atom stereocenters. The number of anilines is 1. The van der Waals surface area contributed by atoms with Gasteiger partial charge in [0.25, 0.3) is 5.91 Å². The molecule has 0 bridgehead atoms. The first kappa shape index (κ1) is 19.4. The molecule has 0 saturated heterocycles. The molecule has 0 spiro atoms. The molecule has 3 rings (SSSR count). The second-order valence-electron chi connectivity index (χ2n) is 5.69. The summed E-state index contributed by atoms with van der Waals surface area (Å²) in [7, 11) is 1.54. The minimum atomic E-state index is -0.662. The Morgan fingerprint density at radius 2 is 1.89 bits per heavy atom. The molecule has 8 nitrogen and oxygen atoms in total. The highest BCUT2D eigenvalue weighted by Gasteiger charge is 2.10. The average molecular weight is 446 g/mol. The Bertz CT molecular complexity index is 1120. The quantitative estimate of drug-likeness (QED) is 0.398. The van der Waals surface area contributed by atoms with Crippen molar-refractivity contribution in [1.82, 2.24) is 9.97 Å². The van der Waals surface area contributed by atoms with Crippen LogP contribution in [0.15, 0.2) is 51.7 Å². The highest BCUT2D eigenvalue weighted by molar-refractivity contribution is 9.10. The maximum absolute atomic E-state index is 12.1. The number of rotatable bonds is 6. The van der Waals surface area contributed by atoms with Gasteiger partial charge in [-0.15, -0.1) is 0 Å². The summed E-state index contributed by atoms with van der Waals surface area (Å²) in [6.45, 7) is -0.455. The predicted molar refractivity (Wildman–Crippen MR) is 108 cm³/mol. The minimum Gasteiger partial charge on any atom is -0.496 e. The van der Waals surface area contributed by atoms with Gasteiger partial charge in [0, 0.05) is 16.1 Å². The summed E-state index contributed by atoms with van der Waals surface area (Å²) in [4.78, 5) is 40.4. The molecule has 28 heavy (non-hydrogen) atoms. The van der Waals surface area contributed by atoms with Crippen molar-refractivity contribution in [2.45, 2.75) is 0 Å². The van der Waals surface area contributed by atoms with Crippen LogP contribution in [-0.2, 0) is 14.3 Å². The van der Waals surface area contributed by atoms with Gasteiger partial charge in [0.2, 0.25) is 0 Å². The van der Waals surface area contributed by atoms with Gasteiger partial charge in [-0.2, -0.15) is 0 Å². The van der Waals surface area contributed by atoms with Gasteiger partial charge in [-0.05, 0) is 40.2 Å². The molecule has 1 aromatic heterocycles. The highest BCUT2D eigenvalue weighted by atomic mass is 79.9. The van der Waals surface area contributed by atoms with Gasteiger partial charge in [-0.1, -0.05) is 18.2 Å². The average Bonchev–Trinajstić information content (AvgIpc) is 3.03. The molecule has 1 amide bonds. The van der Waals surface area contributed by atoms with E-state index >= 15 is 0 Å². The lowest BCUT2D eigenvalue weighted by Crippen LogP contribution is -2.20. The Hall–Kier alpha value is -3.33. The van der Waals surface area contributed by atoms with Crippen LogP contribution in [0.3, 0.4) is 0 Å². The number of esters is 1. The SMILES string of the molecule is COc1ccccc1/C=C/C(=O)OCC(=O)Nc1cc2[nH]c(=O)[nH]c2cc1Br. The number of hydrogen-bond acceptors (Lipinski definition) is 5. The fourth-order valence-corrected chi connectivity index (χ4v) is 2.93. The zero-order valence-electron chi connectivity index (χ0n) is 14.7. The summed E-state index contributed by atoms with van der Waals surface area (Å²) in [6.07, 6.45) is 2.77. The lowest BCUT2D eigenvalue weighted by atomic mass is 10.2. The van der Waals surface area contributed by atoms with Crippen LogP contribution in [-0.4, -0.2) is 35.6 Å². The summed E-state index contributed by atoms with van der Waals surface area (Å²) in [6, 6.07) is 10.4. The van der Waals surface area contributed by atoms with Crippen molar-refractivity contribution in [3.05, 3.63) is 63.0 Å². The van der Waals surface area contributed by atoms with E-state index in [0.717, 1.165) is 0 Å². The molecule has 0 aliphatic carbocycles. The maximum Gasteiger partial charge on any atom is 0.331 e. The van der Waals surface area contributed by atoms with E-state index in [-0.39, 0.29) is 5.69 Å². The van der Waals surface area contributed by atoms with E-state index in [1.807, 2.05) is 12.1 Å². The zero-order valence-corrected chi connectivity index (χ0v) is 16.3. The summed E-state index contributed by atoms with van der Waals surface area (Å²) in [5.41, 5.74) is 1.95. The molecule has 0 saturated carbocycles. The van der Waals surface area contributed by atoms with E-state index in [2.05, 4.69) is 31.2 Å². The number of hydrogen-bond donors (Lipinski definition) is 3. The number of imidazole rings is 1. The van der Waals surface area contributed by atoms with Crippen molar-refractivity contribution in [3.63, 3.8) is 0 Å². The molecule has 0 radical (unpaired) electrons. The first-order valence-electron chi connectivity index (χ1n) is 8.15. The van der Waals surface area contributed by atoms with Crippen LogP contribution in [0.1, 0.15) is 5.56 Å². The van der Waals surface area contributed by atoms with E-state index in [4.69, 9.17) is 9.47 Å². The van der Waals surface area contributed by atoms with Gasteiger partial charge >= 0.3 is 11.7 Å². The molecule has 3 aromatic rings. The first-order valence-corrected chi connectivity index (χ1v) is 8.95. The Morgan fingerprint density at radius 1 is 1.18 bits per heavy atom. The Labute approximate surface area is 167 Å². The molecule has 0 unspecified atom stereocenters. The van der Waals surface area contributed by atoms with Crippen molar-refractivity contribution in [3.8, 4) is 5.75 Å². The van der Waals surface area contributed by atoms with Crippen LogP contribution in [0.4, 0.5) is 5.69 Å². The van der Waals surface area contributed by atoms with Crippen molar-refractivity contribution in [1.29, 1.82) is 0 Å². The number of ether oxygens (including phenoxy) is 2. The summed E-state index contributed by atoms with van der Waals surface area (Å²) < 4.78 is 10.7. The third-order valence-corrected chi connectivity index (χ3v) is 4.42. The van der Waals surface area contributed by atoms with E-state index < -0.39 is 18.5 Å². The standard InChI is InChI=1S/C19H16BrN3O5/c1-27-16-5-3-2-4-11(16)6-7-18(25)28-10-17(24)21-13-9-15-14(8-12(13)20)22-19(26)23-15/h2-9H,10H2,1H3,(H,21,24)(H2,22,23,26)/b7-6+. The Balaban J connectivity index is 1.58. The van der Waals surface area contributed by atoms with Gasteiger partial charge in [0.05, 0.1) is 23.8 Å². The molecule has 1 heterocycles. The lowest BCUT2D eigenvalue weighted by Gasteiger charge is -2.08. The number of aromatic nitrogens is 2. The summed E-state index contributed by atoms with van der Waals surface area (Å²) in [5, 5.41) is 2.62. The number of aromatic amines is 2. The van der Waals surface area contributed by atoms with Crippen LogP contribution in [0, 0.1) is 0 Å². The molecular formula is C19H16BrN3O5. The van der Waals surface area contributed by atoms with Crippen LogP contribution >= 0.6 is 15.9 Å². The van der Waals surface area contributed by atoms with E-state index in [1.165, 1.54) is 13.2 Å². The number of carbonyl (C=O) groups excluding carboxylic acids is 2. The van der Waals surface area contributed by atoms with Crippen LogP contribution in [0.2, 0.25) is 0 Å². The number of amides is 1. The maximum atomic E-state index is 12.1. The van der Waals surface area contributed by atoms with Gasteiger partial charge in [0.15, 0.2) is 6.61 Å². The summed E-state index contributed by atoms with van der Waals surface area (Å²) >= 11 is 3.32. The lowest BCUT2D eigenvalue weighted by molar-refractivity contribution is -0.142. The van der Waals surface area contributed by atoms with E-state index in [1.54, 1.807) is 30.3 Å². The number of halogens is 1. The fraction of sp³-hybridized carbons (Fsp3) is 0.105. The molecule has 2 aromatic carbocycles. The number of nitrogens with one attached hydrogen (secondary N) is 3. The summed E-state index contributed by atoms with van der Waals surface area (Å²) in [5.74, 6) is -0.560. The Kier molecular flexibility index (Phi) is 5.95. The number of fused-ring (bicyclic) bond motifs is 1. The third kappa shape index (κ3) is 4.68. The third-order valence-electron chi connectivity index (χ3n) is 3.76. The van der Waals surface area contributed by atoms with Gasteiger partial charge in [-0.25, -0.2) is 9.59 Å². The number of methoxy groups -OCH3 is 1. The van der Waals surface area contributed by atoms with Crippen molar-refractivity contribution >= 4 is 50.6 Å². The van der Waals surface area contributed by atoms with Crippen LogP contribution < -0.4 is 15.7 Å². The normalized spacial score (nSPS) is 10.9. The zero-order chi connectivity index (χ0) is 20.1. The smallest absolute Gasteiger partial charge is 0.331 e. The molecule has 144 valence electrons. The molecule has 0 aliphatic heterocycles. The molecular weight excluding hydrogens is 430 g/mol. The Morgan fingerprint density at radius 3 is 2.64 bits per heavy atom.